The molecule has 0 saturated heterocycles. The first-order chi connectivity index (χ1) is 10.2. The molecule has 1 saturated carbocycles. The molecule has 0 bridgehead atoms. The summed E-state index contributed by atoms with van der Waals surface area (Å²) in [6.45, 7) is 5.60. The van der Waals surface area contributed by atoms with Gasteiger partial charge >= 0.3 is 0 Å². The average molecular weight is 285 g/mol. The number of aryl methyl sites for hydroxylation is 1. The lowest BCUT2D eigenvalue weighted by Gasteiger charge is -2.23. The molecule has 3 nitrogen and oxygen atoms in total. The molecular weight excluding hydrogens is 258 g/mol. The SMILES string of the molecule is CCCn1c(CC(N)C2CCCC2C)nc2ccccc21. The predicted molar refractivity (Wildman–Crippen MR) is 88.2 cm³/mol. The topological polar surface area (TPSA) is 43.8 Å². The van der Waals surface area contributed by atoms with Gasteiger partial charge in [0.2, 0.25) is 0 Å². The molecule has 1 heterocycles. The van der Waals surface area contributed by atoms with Gasteiger partial charge in [0.25, 0.3) is 0 Å². The second-order valence-corrected chi connectivity index (χ2v) is 6.61. The number of imidazole rings is 1. The van der Waals surface area contributed by atoms with Crippen LogP contribution in [0, 0.1) is 11.8 Å². The van der Waals surface area contributed by atoms with Crippen LogP contribution in [-0.2, 0) is 13.0 Å². The zero-order valence-electron chi connectivity index (χ0n) is 13.3. The van der Waals surface area contributed by atoms with Crippen molar-refractivity contribution in [2.24, 2.45) is 17.6 Å². The molecule has 1 aromatic heterocycles. The largest absolute Gasteiger partial charge is 0.328 e. The molecule has 1 aliphatic carbocycles. The van der Waals surface area contributed by atoms with E-state index in [0.717, 1.165) is 30.8 Å². The van der Waals surface area contributed by atoms with Crippen molar-refractivity contribution < 1.29 is 0 Å². The van der Waals surface area contributed by atoms with Gasteiger partial charge in [-0.25, -0.2) is 4.98 Å². The average Bonchev–Trinajstić information content (AvgIpc) is 3.04. The molecule has 3 rings (SSSR count). The van der Waals surface area contributed by atoms with Gasteiger partial charge in [-0.1, -0.05) is 38.8 Å². The molecule has 1 fully saturated rings. The zero-order chi connectivity index (χ0) is 14.8. The molecule has 114 valence electrons. The summed E-state index contributed by atoms with van der Waals surface area (Å²) in [5, 5.41) is 0. The van der Waals surface area contributed by atoms with Gasteiger partial charge in [0, 0.05) is 19.0 Å². The van der Waals surface area contributed by atoms with E-state index in [1.165, 1.54) is 30.6 Å². The molecule has 3 atom stereocenters. The normalized spacial score (nSPS) is 23.8. The van der Waals surface area contributed by atoms with Crippen molar-refractivity contribution in [3.05, 3.63) is 30.1 Å². The first kappa shape index (κ1) is 14.6. The molecule has 0 spiro atoms. The molecule has 3 heteroatoms. The Hall–Kier alpha value is -1.35. The monoisotopic (exact) mass is 285 g/mol. The van der Waals surface area contributed by atoms with E-state index in [1.807, 2.05) is 0 Å². The van der Waals surface area contributed by atoms with E-state index in [9.17, 15) is 0 Å². The Kier molecular flexibility index (Phi) is 4.29. The maximum atomic E-state index is 6.53. The number of nitrogens with zero attached hydrogens (tertiary/aromatic N) is 2. The number of nitrogens with two attached hydrogens (primary N) is 1. The summed E-state index contributed by atoms with van der Waals surface area (Å²) < 4.78 is 2.37. The molecule has 3 unspecified atom stereocenters. The second-order valence-electron chi connectivity index (χ2n) is 6.61. The summed E-state index contributed by atoms with van der Waals surface area (Å²) in [6, 6.07) is 8.68. The highest BCUT2D eigenvalue weighted by molar-refractivity contribution is 5.75. The van der Waals surface area contributed by atoms with Gasteiger partial charge in [0.1, 0.15) is 5.82 Å². The minimum Gasteiger partial charge on any atom is -0.328 e. The van der Waals surface area contributed by atoms with E-state index in [1.54, 1.807) is 0 Å². The number of para-hydroxylation sites is 2. The Morgan fingerprint density at radius 3 is 2.86 bits per heavy atom. The first-order valence-electron chi connectivity index (χ1n) is 8.40. The van der Waals surface area contributed by atoms with Gasteiger partial charge in [0.05, 0.1) is 11.0 Å². The van der Waals surface area contributed by atoms with Crippen molar-refractivity contribution in [1.29, 1.82) is 0 Å². The summed E-state index contributed by atoms with van der Waals surface area (Å²) >= 11 is 0. The molecule has 0 radical (unpaired) electrons. The van der Waals surface area contributed by atoms with Gasteiger partial charge in [-0.05, 0) is 36.8 Å². The Morgan fingerprint density at radius 2 is 2.14 bits per heavy atom. The third-order valence-corrected chi connectivity index (χ3v) is 5.08. The van der Waals surface area contributed by atoms with E-state index in [4.69, 9.17) is 10.7 Å². The molecule has 2 N–H and O–H groups in total. The summed E-state index contributed by atoms with van der Waals surface area (Å²) in [6.07, 6.45) is 6.00. The number of benzene rings is 1. The smallest absolute Gasteiger partial charge is 0.111 e. The lowest BCUT2D eigenvalue weighted by molar-refractivity contribution is 0.337. The van der Waals surface area contributed by atoms with E-state index < -0.39 is 0 Å². The van der Waals surface area contributed by atoms with Crippen LogP contribution in [0.4, 0.5) is 0 Å². The second kappa shape index (κ2) is 6.18. The van der Waals surface area contributed by atoms with Crippen LogP contribution in [0.1, 0.15) is 45.4 Å². The van der Waals surface area contributed by atoms with Gasteiger partial charge in [-0.3, -0.25) is 0 Å². The fraction of sp³-hybridized carbons (Fsp3) is 0.611. The highest BCUT2D eigenvalue weighted by Gasteiger charge is 2.29. The van der Waals surface area contributed by atoms with Crippen LogP contribution in [0.3, 0.4) is 0 Å². The fourth-order valence-corrected chi connectivity index (χ4v) is 3.93. The minimum absolute atomic E-state index is 0.245. The van der Waals surface area contributed by atoms with Crippen LogP contribution in [-0.4, -0.2) is 15.6 Å². The first-order valence-corrected chi connectivity index (χ1v) is 8.40. The highest BCUT2D eigenvalue weighted by atomic mass is 15.1. The van der Waals surface area contributed by atoms with E-state index >= 15 is 0 Å². The van der Waals surface area contributed by atoms with Crippen molar-refractivity contribution in [3.8, 4) is 0 Å². The highest BCUT2D eigenvalue weighted by Crippen LogP contribution is 2.34. The van der Waals surface area contributed by atoms with Crippen molar-refractivity contribution in [3.63, 3.8) is 0 Å². The standard InChI is InChI=1S/C18H27N3/c1-3-11-21-17-10-5-4-9-16(17)20-18(21)12-15(19)14-8-6-7-13(14)2/h4-5,9-10,13-15H,3,6-8,11-12,19H2,1-2H3. The van der Waals surface area contributed by atoms with Gasteiger partial charge < -0.3 is 10.3 Å². The van der Waals surface area contributed by atoms with E-state index in [2.05, 4.69) is 42.7 Å². The number of fused-ring (bicyclic) bond motifs is 1. The van der Waals surface area contributed by atoms with Crippen LogP contribution in [0.5, 0.6) is 0 Å². The van der Waals surface area contributed by atoms with E-state index in [0.29, 0.717) is 5.92 Å². The third-order valence-electron chi connectivity index (χ3n) is 5.08. The Labute approximate surface area is 127 Å². The van der Waals surface area contributed by atoms with Crippen molar-refractivity contribution in [2.75, 3.05) is 0 Å². The maximum absolute atomic E-state index is 6.53. The quantitative estimate of drug-likeness (QED) is 0.909. The summed E-state index contributed by atoms with van der Waals surface area (Å²) in [7, 11) is 0. The molecule has 1 aromatic carbocycles. The van der Waals surface area contributed by atoms with Gasteiger partial charge in [0.15, 0.2) is 0 Å². The maximum Gasteiger partial charge on any atom is 0.111 e. The van der Waals surface area contributed by atoms with Gasteiger partial charge in [-0.2, -0.15) is 0 Å². The molecule has 2 aromatic rings. The summed E-state index contributed by atoms with van der Waals surface area (Å²) in [4.78, 5) is 4.85. The van der Waals surface area contributed by atoms with Crippen molar-refractivity contribution >= 4 is 11.0 Å². The molecule has 1 aliphatic rings. The molecule has 0 amide bonds. The third kappa shape index (κ3) is 2.84. The zero-order valence-corrected chi connectivity index (χ0v) is 13.3. The summed E-state index contributed by atoms with van der Waals surface area (Å²) in [5.41, 5.74) is 8.89. The van der Waals surface area contributed by atoms with Crippen LogP contribution in [0.2, 0.25) is 0 Å². The Morgan fingerprint density at radius 1 is 1.33 bits per heavy atom. The molecule has 0 aliphatic heterocycles. The Balaban J connectivity index is 1.87. The fourth-order valence-electron chi connectivity index (χ4n) is 3.93. The van der Waals surface area contributed by atoms with Crippen LogP contribution >= 0.6 is 0 Å². The van der Waals surface area contributed by atoms with Crippen LogP contribution in [0.15, 0.2) is 24.3 Å². The number of hydrogen-bond acceptors (Lipinski definition) is 2. The lowest BCUT2D eigenvalue weighted by atomic mass is 9.89. The number of hydrogen-bond donors (Lipinski definition) is 1. The van der Waals surface area contributed by atoms with Crippen LogP contribution < -0.4 is 5.73 Å². The Bertz CT molecular complexity index is 602. The van der Waals surface area contributed by atoms with Gasteiger partial charge in [-0.15, -0.1) is 0 Å². The lowest BCUT2D eigenvalue weighted by Crippen LogP contribution is -2.34. The predicted octanol–water partition coefficient (Wildman–Crippen LogP) is 3.75. The molecule has 21 heavy (non-hydrogen) atoms. The van der Waals surface area contributed by atoms with E-state index in [-0.39, 0.29) is 6.04 Å². The molecular formula is C18H27N3. The summed E-state index contributed by atoms with van der Waals surface area (Å²) in [5.74, 6) is 2.61. The number of rotatable bonds is 5. The van der Waals surface area contributed by atoms with Crippen molar-refractivity contribution in [2.45, 2.75) is 58.5 Å². The minimum atomic E-state index is 0.245. The van der Waals surface area contributed by atoms with Crippen LogP contribution in [0.25, 0.3) is 11.0 Å². The van der Waals surface area contributed by atoms with Crippen molar-refractivity contribution in [1.82, 2.24) is 9.55 Å². The number of aromatic nitrogens is 2.